The van der Waals surface area contributed by atoms with Gasteiger partial charge in [-0.15, -0.1) is 0 Å². The van der Waals surface area contributed by atoms with Crippen LogP contribution in [-0.4, -0.2) is 16.0 Å². The van der Waals surface area contributed by atoms with E-state index in [1.807, 2.05) is 6.07 Å². The van der Waals surface area contributed by atoms with Gasteiger partial charge in [0, 0.05) is 23.9 Å². The van der Waals surface area contributed by atoms with Gasteiger partial charge in [0.05, 0.1) is 0 Å². The third-order valence-electron chi connectivity index (χ3n) is 3.58. The Bertz CT molecular complexity index is 598. The Morgan fingerprint density at radius 2 is 1.95 bits per heavy atom. The third-order valence-corrected chi connectivity index (χ3v) is 3.99. The molecule has 0 amide bonds. The van der Waals surface area contributed by atoms with Crippen LogP contribution in [0, 0.1) is 0 Å². The van der Waals surface area contributed by atoms with Gasteiger partial charge in [0.2, 0.25) is 0 Å². The number of rotatable bonds is 4. The minimum atomic E-state index is 0.331. The van der Waals surface area contributed by atoms with Gasteiger partial charge in [0.25, 0.3) is 0 Å². The molecule has 2 atom stereocenters. The zero-order valence-electron chi connectivity index (χ0n) is 11.7. The Hall–Kier alpha value is -1.42. The highest BCUT2D eigenvalue weighted by molar-refractivity contribution is 9.10. The molecule has 0 bridgehead atoms. The number of nitrogens with one attached hydrogen (secondary N) is 1. The Morgan fingerprint density at radius 1 is 1.20 bits per heavy atom. The van der Waals surface area contributed by atoms with Crippen LogP contribution in [0.2, 0.25) is 0 Å². The van der Waals surface area contributed by atoms with Gasteiger partial charge in [-0.25, -0.2) is 9.97 Å². The first-order valence-electron chi connectivity index (χ1n) is 6.99. The monoisotopic (exact) mass is 331 g/mol. The third kappa shape index (κ3) is 3.01. The summed E-state index contributed by atoms with van der Waals surface area (Å²) in [5.74, 6) is 2.72. The first kappa shape index (κ1) is 13.6. The van der Waals surface area contributed by atoms with E-state index in [1.54, 1.807) is 0 Å². The molecule has 20 heavy (non-hydrogen) atoms. The van der Waals surface area contributed by atoms with Crippen molar-refractivity contribution < 1.29 is 0 Å². The van der Waals surface area contributed by atoms with E-state index in [9.17, 15) is 0 Å². The van der Waals surface area contributed by atoms with Gasteiger partial charge in [-0.2, -0.15) is 0 Å². The van der Waals surface area contributed by atoms with Crippen molar-refractivity contribution in [2.45, 2.75) is 38.1 Å². The molecule has 1 aliphatic carbocycles. The molecule has 1 heterocycles. The van der Waals surface area contributed by atoms with Crippen LogP contribution >= 0.6 is 15.9 Å². The minimum absolute atomic E-state index is 0.331. The molecule has 4 heteroatoms. The van der Waals surface area contributed by atoms with E-state index < -0.39 is 0 Å². The predicted octanol–water partition coefficient (Wildman–Crippen LogP) is 4.33. The van der Waals surface area contributed by atoms with Crippen LogP contribution in [0.15, 0.2) is 41.0 Å². The molecule has 1 aromatic heterocycles. The summed E-state index contributed by atoms with van der Waals surface area (Å²) in [5.41, 5.74) is 1.40. The lowest BCUT2D eigenvalue weighted by Gasteiger charge is -2.09. The smallest absolute Gasteiger partial charge is 0.134 e. The maximum Gasteiger partial charge on any atom is 0.134 e. The van der Waals surface area contributed by atoms with Gasteiger partial charge in [-0.3, -0.25) is 0 Å². The van der Waals surface area contributed by atoms with E-state index in [4.69, 9.17) is 0 Å². The standard InChI is InChI=1S/C16H18BrN3/c1-10(2)16-19-14(17)9-15(20-16)18-13-8-12(13)11-6-4-3-5-7-11/h3-7,9-10,12-13H,8H2,1-2H3,(H,18,19,20). The fourth-order valence-corrected chi connectivity index (χ4v) is 2.78. The van der Waals surface area contributed by atoms with E-state index in [0.29, 0.717) is 17.9 Å². The molecular weight excluding hydrogens is 314 g/mol. The first-order valence-corrected chi connectivity index (χ1v) is 7.78. The lowest BCUT2D eigenvalue weighted by atomic mass is 10.1. The molecule has 0 saturated heterocycles. The Kier molecular flexibility index (Phi) is 3.74. The Labute approximate surface area is 128 Å². The molecule has 0 spiro atoms. The SMILES string of the molecule is CC(C)c1nc(Br)cc(NC2CC2c2ccccc2)n1. The lowest BCUT2D eigenvalue weighted by Crippen LogP contribution is -2.08. The molecule has 1 N–H and O–H groups in total. The summed E-state index contributed by atoms with van der Waals surface area (Å²) in [6, 6.07) is 13.1. The van der Waals surface area contributed by atoms with Crippen molar-refractivity contribution in [3.63, 3.8) is 0 Å². The van der Waals surface area contributed by atoms with Crippen LogP contribution in [-0.2, 0) is 0 Å². The summed E-state index contributed by atoms with van der Waals surface area (Å²) >= 11 is 3.46. The highest BCUT2D eigenvalue weighted by atomic mass is 79.9. The quantitative estimate of drug-likeness (QED) is 0.847. The van der Waals surface area contributed by atoms with E-state index in [-0.39, 0.29) is 0 Å². The topological polar surface area (TPSA) is 37.8 Å². The first-order chi connectivity index (χ1) is 9.63. The van der Waals surface area contributed by atoms with E-state index in [2.05, 4.69) is 75.4 Å². The average Bonchev–Trinajstić information content (AvgIpc) is 3.18. The van der Waals surface area contributed by atoms with Crippen LogP contribution in [0.1, 0.15) is 43.5 Å². The van der Waals surface area contributed by atoms with Gasteiger partial charge in [-0.05, 0) is 27.9 Å². The molecule has 2 aromatic rings. The van der Waals surface area contributed by atoms with Gasteiger partial charge in [-0.1, -0.05) is 44.2 Å². The van der Waals surface area contributed by atoms with Crippen molar-refractivity contribution in [1.82, 2.24) is 9.97 Å². The fourth-order valence-electron chi connectivity index (χ4n) is 2.38. The molecule has 2 unspecified atom stereocenters. The van der Waals surface area contributed by atoms with E-state index in [1.165, 1.54) is 12.0 Å². The Morgan fingerprint density at radius 3 is 2.65 bits per heavy atom. The molecule has 104 valence electrons. The second-order valence-electron chi connectivity index (χ2n) is 5.59. The zero-order chi connectivity index (χ0) is 14.1. The summed E-state index contributed by atoms with van der Waals surface area (Å²) < 4.78 is 0.843. The molecule has 0 radical (unpaired) electrons. The van der Waals surface area contributed by atoms with Crippen molar-refractivity contribution in [3.8, 4) is 0 Å². The molecule has 3 rings (SSSR count). The molecule has 1 saturated carbocycles. The molecule has 1 aliphatic rings. The van der Waals surface area contributed by atoms with E-state index in [0.717, 1.165) is 16.2 Å². The van der Waals surface area contributed by atoms with Gasteiger partial charge in [0.15, 0.2) is 0 Å². The van der Waals surface area contributed by atoms with E-state index >= 15 is 0 Å². The van der Waals surface area contributed by atoms with Gasteiger partial charge >= 0.3 is 0 Å². The summed E-state index contributed by atoms with van der Waals surface area (Å²) in [7, 11) is 0. The van der Waals surface area contributed by atoms with Crippen LogP contribution in [0.25, 0.3) is 0 Å². The van der Waals surface area contributed by atoms with Crippen LogP contribution in [0.5, 0.6) is 0 Å². The summed E-state index contributed by atoms with van der Waals surface area (Å²) in [5, 5.41) is 3.52. The molecule has 0 aliphatic heterocycles. The summed E-state index contributed by atoms with van der Waals surface area (Å²) in [4.78, 5) is 8.99. The number of benzene rings is 1. The van der Waals surface area contributed by atoms with Crippen molar-refractivity contribution in [2.24, 2.45) is 0 Å². The van der Waals surface area contributed by atoms with Gasteiger partial charge < -0.3 is 5.32 Å². The number of halogens is 1. The van der Waals surface area contributed by atoms with Crippen molar-refractivity contribution in [3.05, 3.63) is 52.4 Å². The maximum absolute atomic E-state index is 4.59. The second-order valence-corrected chi connectivity index (χ2v) is 6.40. The Balaban J connectivity index is 1.71. The number of nitrogens with zero attached hydrogens (tertiary/aromatic N) is 2. The normalized spacial score (nSPS) is 21.0. The number of anilines is 1. The average molecular weight is 332 g/mol. The second kappa shape index (κ2) is 5.52. The largest absolute Gasteiger partial charge is 0.367 e. The molecular formula is C16H18BrN3. The number of aromatic nitrogens is 2. The minimum Gasteiger partial charge on any atom is -0.367 e. The summed E-state index contributed by atoms with van der Waals surface area (Å²) in [6.07, 6.45) is 1.17. The maximum atomic E-state index is 4.59. The van der Waals surface area contributed by atoms with Crippen molar-refractivity contribution >= 4 is 21.7 Å². The number of hydrogen-bond acceptors (Lipinski definition) is 3. The number of hydrogen-bond donors (Lipinski definition) is 1. The summed E-state index contributed by atoms with van der Waals surface area (Å²) in [6.45, 7) is 4.21. The zero-order valence-corrected chi connectivity index (χ0v) is 13.3. The lowest BCUT2D eigenvalue weighted by molar-refractivity contribution is 0.769. The highest BCUT2D eigenvalue weighted by Crippen LogP contribution is 2.42. The highest BCUT2D eigenvalue weighted by Gasteiger charge is 2.38. The van der Waals surface area contributed by atoms with Crippen molar-refractivity contribution in [2.75, 3.05) is 5.32 Å². The van der Waals surface area contributed by atoms with Crippen LogP contribution in [0.3, 0.4) is 0 Å². The van der Waals surface area contributed by atoms with Crippen LogP contribution < -0.4 is 5.32 Å². The van der Waals surface area contributed by atoms with Crippen molar-refractivity contribution in [1.29, 1.82) is 0 Å². The van der Waals surface area contributed by atoms with Gasteiger partial charge in [0.1, 0.15) is 16.2 Å². The van der Waals surface area contributed by atoms with Crippen LogP contribution in [0.4, 0.5) is 5.82 Å². The predicted molar refractivity (Wildman–Crippen MR) is 85.0 cm³/mol. The molecule has 1 aromatic carbocycles. The fraction of sp³-hybridized carbons (Fsp3) is 0.375. The molecule has 1 fully saturated rings. The molecule has 3 nitrogen and oxygen atoms in total.